The number of Topliss-reactive ketones (excluding diaryl/α,β-unsaturated/α-hetero) is 1. The molecule has 1 amide bonds. The highest BCUT2D eigenvalue weighted by molar-refractivity contribution is 6.30. The molecule has 0 aromatic heterocycles. The molecule has 0 spiro atoms. The fourth-order valence-electron chi connectivity index (χ4n) is 2.59. The van der Waals surface area contributed by atoms with Crippen LogP contribution in [0.2, 0.25) is 5.02 Å². The topological polar surface area (TPSA) is 49.4 Å². The van der Waals surface area contributed by atoms with Gasteiger partial charge in [-0.1, -0.05) is 23.7 Å². The molecule has 1 unspecified atom stereocenters. The number of likely N-dealkylation sites (N-methyl/N-ethyl adjacent to an activating group) is 1. The average molecular weight is 377 g/mol. The van der Waals surface area contributed by atoms with Gasteiger partial charge in [-0.3, -0.25) is 9.59 Å². The molecule has 6 heteroatoms. The SMILES string of the molecule is CN(C)C(CNC(=O)CCC(=O)c1ccc(F)cc1)c1ccc(Cl)cc1. The highest BCUT2D eigenvalue weighted by Crippen LogP contribution is 2.20. The van der Waals surface area contributed by atoms with Crippen LogP contribution in [0.1, 0.15) is 34.8 Å². The quantitative estimate of drug-likeness (QED) is 0.712. The van der Waals surface area contributed by atoms with E-state index in [1.165, 1.54) is 24.3 Å². The lowest BCUT2D eigenvalue weighted by molar-refractivity contribution is -0.121. The van der Waals surface area contributed by atoms with Crippen LogP contribution >= 0.6 is 11.6 Å². The molecule has 2 rings (SSSR count). The third-order valence-corrected chi connectivity index (χ3v) is 4.37. The summed E-state index contributed by atoms with van der Waals surface area (Å²) in [5.41, 5.74) is 1.45. The van der Waals surface area contributed by atoms with Gasteiger partial charge in [-0.2, -0.15) is 0 Å². The molecule has 0 saturated heterocycles. The molecule has 0 bridgehead atoms. The van der Waals surface area contributed by atoms with E-state index < -0.39 is 5.82 Å². The van der Waals surface area contributed by atoms with Crippen molar-refractivity contribution in [3.8, 4) is 0 Å². The Morgan fingerprint density at radius 1 is 1.04 bits per heavy atom. The Labute approximate surface area is 158 Å². The molecular formula is C20H22ClFN2O2. The van der Waals surface area contributed by atoms with Crippen molar-refractivity contribution in [3.05, 3.63) is 70.5 Å². The molecule has 0 aliphatic carbocycles. The lowest BCUT2D eigenvalue weighted by atomic mass is 10.1. The van der Waals surface area contributed by atoms with E-state index in [0.29, 0.717) is 17.1 Å². The largest absolute Gasteiger partial charge is 0.354 e. The minimum Gasteiger partial charge on any atom is -0.354 e. The number of amides is 1. The summed E-state index contributed by atoms with van der Waals surface area (Å²) in [5.74, 6) is -0.764. The van der Waals surface area contributed by atoms with E-state index in [9.17, 15) is 14.0 Å². The molecule has 0 aliphatic heterocycles. The maximum absolute atomic E-state index is 12.9. The first-order valence-electron chi connectivity index (χ1n) is 8.34. The minimum absolute atomic E-state index is 0.00372. The van der Waals surface area contributed by atoms with Crippen LogP contribution in [-0.2, 0) is 4.79 Å². The number of carbonyl (C=O) groups excluding carboxylic acids is 2. The molecule has 1 N–H and O–H groups in total. The number of ketones is 1. The summed E-state index contributed by atoms with van der Waals surface area (Å²) < 4.78 is 12.9. The molecule has 138 valence electrons. The van der Waals surface area contributed by atoms with E-state index in [4.69, 9.17) is 11.6 Å². The zero-order chi connectivity index (χ0) is 19.1. The normalized spacial score (nSPS) is 12.0. The monoisotopic (exact) mass is 376 g/mol. The second kappa shape index (κ2) is 9.46. The van der Waals surface area contributed by atoms with E-state index in [0.717, 1.165) is 5.56 Å². The molecule has 2 aromatic rings. The Bertz CT molecular complexity index is 745. The Morgan fingerprint density at radius 3 is 2.23 bits per heavy atom. The maximum Gasteiger partial charge on any atom is 0.220 e. The third-order valence-electron chi connectivity index (χ3n) is 4.12. The van der Waals surface area contributed by atoms with E-state index >= 15 is 0 Å². The van der Waals surface area contributed by atoms with E-state index in [1.807, 2.05) is 43.3 Å². The number of halogens is 2. The van der Waals surface area contributed by atoms with E-state index in [1.54, 1.807) is 0 Å². The first-order valence-corrected chi connectivity index (χ1v) is 8.72. The second-order valence-corrected chi connectivity index (χ2v) is 6.70. The zero-order valence-corrected chi connectivity index (χ0v) is 15.6. The number of carbonyl (C=O) groups is 2. The number of nitrogens with zero attached hydrogens (tertiary/aromatic N) is 1. The molecule has 0 radical (unpaired) electrons. The van der Waals surface area contributed by atoms with Crippen LogP contribution in [0.3, 0.4) is 0 Å². The zero-order valence-electron chi connectivity index (χ0n) is 14.8. The van der Waals surface area contributed by atoms with Crippen molar-refractivity contribution in [1.82, 2.24) is 10.2 Å². The lowest BCUT2D eigenvalue weighted by Crippen LogP contribution is -2.34. The van der Waals surface area contributed by atoms with Crippen LogP contribution in [0, 0.1) is 5.82 Å². The summed E-state index contributed by atoms with van der Waals surface area (Å²) in [7, 11) is 3.87. The Hall–Kier alpha value is -2.24. The van der Waals surface area contributed by atoms with Crippen molar-refractivity contribution in [2.24, 2.45) is 0 Å². The highest BCUT2D eigenvalue weighted by atomic mass is 35.5. The number of hydrogen-bond donors (Lipinski definition) is 1. The van der Waals surface area contributed by atoms with Gasteiger partial charge in [-0.05, 0) is 56.1 Å². The fourth-order valence-corrected chi connectivity index (χ4v) is 2.72. The van der Waals surface area contributed by atoms with Gasteiger partial charge in [0.1, 0.15) is 5.82 Å². The third kappa shape index (κ3) is 5.93. The lowest BCUT2D eigenvalue weighted by Gasteiger charge is -2.25. The summed E-state index contributed by atoms with van der Waals surface area (Å²) in [6, 6.07) is 12.8. The molecule has 1 atom stereocenters. The fraction of sp³-hybridized carbons (Fsp3) is 0.300. The number of rotatable bonds is 8. The van der Waals surface area contributed by atoms with Crippen molar-refractivity contribution in [2.75, 3.05) is 20.6 Å². The van der Waals surface area contributed by atoms with Crippen LogP contribution in [0.4, 0.5) is 4.39 Å². The molecule has 26 heavy (non-hydrogen) atoms. The van der Waals surface area contributed by atoms with Gasteiger partial charge in [0.2, 0.25) is 5.91 Å². The summed E-state index contributed by atoms with van der Waals surface area (Å²) in [5, 5.41) is 3.53. The van der Waals surface area contributed by atoms with E-state index in [2.05, 4.69) is 5.32 Å². The van der Waals surface area contributed by atoms with Crippen molar-refractivity contribution in [1.29, 1.82) is 0 Å². The Morgan fingerprint density at radius 2 is 1.65 bits per heavy atom. The number of benzene rings is 2. The Balaban J connectivity index is 1.85. The van der Waals surface area contributed by atoms with Crippen LogP contribution in [-0.4, -0.2) is 37.2 Å². The first kappa shape index (κ1) is 20.1. The minimum atomic E-state index is -0.392. The molecule has 0 aliphatic rings. The standard InChI is InChI=1S/C20H22ClFN2O2/c1-24(2)18(14-3-7-16(21)8-4-14)13-23-20(26)12-11-19(25)15-5-9-17(22)10-6-15/h3-10,18H,11-13H2,1-2H3,(H,23,26). The summed E-state index contributed by atoms with van der Waals surface area (Å²) >= 11 is 5.92. The van der Waals surface area contributed by atoms with Gasteiger partial charge in [0.15, 0.2) is 5.78 Å². The van der Waals surface area contributed by atoms with Crippen LogP contribution in [0.5, 0.6) is 0 Å². The predicted octanol–water partition coefficient (Wildman–Crippen LogP) is 3.86. The van der Waals surface area contributed by atoms with Gasteiger partial charge in [-0.25, -0.2) is 4.39 Å². The summed E-state index contributed by atoms with van der Waals surface area (Å²) in [4.78, 5) is 26.1. The molecule has 4 nitrogen and oxygen atoms in total. The predicted molar refractivity (Wildman–Crippen MR) is 101 cm³/mol. The van der Waals surface area contributed by atoms with Crippen molar-refractivity contribution >= 4 is 23.3 Å². The van der Waals surface area contributed by atoms with Crippen molar-refractivity contribution in [2.45, 2.75) is 18.9 Å². The van der Waals surface area contributed by atoms with Gasteiger partial charge < -0.3 is 10.2 Å². The highest BCUT2D eigenvalue weighted by Gasteiger charge is 2.16. The van der Waals surface area contributed by atoms with Gasteiger partial charge in [0.05, 0.1) is 6.04 Å². The summed E-state index contributed by atoms with van der Waals surface area (Å²) in [6.07, 6.45) is 0.183. The van der Waals surface area contributed by atoms with Crippen LogP contribution in [0.15, 0.2) is 48.5 Å². The van der Waals surface area contributed by atoms with Crippen molar-refractivity contribution < 1.29 is 14.0 Å². The van der Waals surface area contributed by atoms with Crippen LogP contribution in [0.25, 0.3) is 0 Å². The second-order valence-electron chi connectivity index (χ2n) is 6.27. The van der Waals surface area contributed by atoms with Gasteiger partial charge in [-0.15, -0.1) is 0 Å². The molecule has 0 fully saturated rings. The smallest absolute Gasteiger partial charge is 0.220 e. The molecule has 0 saturated carbocycles. The summed E-state index contributed by atoms with van der Waals surface area (Å²) in [6.45, 7) is 0.429. The van der Waals surface area contributed by atoms with Gasteiger partial charge in [0.25, 0.3) is 0 Å². The van der Waals surface area contributed by atoms with Gasteiger partial charge in [0, 0.05) is 30.0 Å². The molecular weight excluding hydrogens is 355 g/mol. The Kier molecular flexibility index (Phi) is 7.30. The van der Waals surface area contributed by atoms with Gasteiger partial charge >= 0.3 is 0 Å². The van der Waals surface area contributed by atoms with Crippen LogP contribution < -0.4 is 5.32 Å². The van der Waals surface area contributed by atoms with Crippen molar-refractivity contribution in [3.63, 3.8) is 0 Å². The average Bonchev–Trinajstić information content (AvgIpc) is 2.61. The molecule has 0 heterocycles. The van der Waals surface area contributed by atoms with E-state index in [-0.39, 0.29) is 30.6 Å². The number of nitrogens with one attached hydrogen (secondary N) is 1. The maximum atomic E-state index is 12.9. The molecule has 2 aromatic carbocycles. The number of hydrogen-bond acceptors (Lipinski definition) is 3. The first-order chi connectivity index (χ1) is 12.4.